The van der Waals surface area contributed by atoms with Crippen LogP contribution in [0.3, 0.4) is 0 Å². The summed E-state index contributed by atoms with van der Waals surface area (Å²) in [5.41, 5.74) is 2.37. The minimum absolute atomic E-state index is 0.714. The normalized spacial score (nSPS) is 9.92. The highest BCUT2D eigenvalue weighted by Gasteiger charge is 1.91. The molecule has 1 aromatic carbocycles. The lowest BCUT2D eigenvalue weighted by atomic mass is 10.1. The largest absolute Gasteiger partial charge is 0.377 e. The van der Waals surface area contributed by atoms with Crippen molar-refractivity contribution in [2.75, 3.05) is 6.61 Å². The summed E-state index contributed by atoms with van der Waals surface area (Å²) in [6.07, 6.45) is 2.92. The summed E-state index contributed by atoms with van der Waals surface area (Å²) in [4.78, 5) is 0. The molecule has 0 radical (unpaired) electrons. The summed E-state index contributed by atoms with van der Waals surface area (Å²) in [5, 5.41) is 0. The lowest BCUT2D eigenvalue weighted by Gasteiger charge is -2.02. The molecular weight excluding hydrogens is 160 g/mol. The van der Waals surface area contributed by atoms with Crippen molar-refractivity contribution in [1.82, 2.24) is 0 Å². The molecule has 1 aromatic rings. The van der Waals surface area contributed by atoms with Gasteiger partial charge in [0, 0.05) is 6.61 Å². The Morgan fingerprint density at radius 3 is 2.54 bits per heavy atom. The maximum absolute atomic E-state index is 5.42. The molecule has 0 aliphatic heterocycles. The van der Waals surface area contributed by atoms with Crippen LogP contribution in [-0.4, -0.2) is 6.61 Å². The van der Waals surface area contributed by atoms with E-state index >= 15 is 0 Å². The summed E-state index contributed by atoms with van der Waals surface area (Å²) < 4.78 is 5.42. The lowest BCUT2D eigenvalue weighted by Crippen LogP contribution is -1.93. The van der Waals surface area contributed by atoms with E-state index in [1.807, 2.05) is 6.08 Å². The lowest BCUT2D eigenvalue weighted by molar-refractivity contribution is 0.121. The van der Waals surface area contributed by atoms with Crippen LogP contribution in [0.15, 0.2) is 30.8 Å². The Bertz CT molecular complexity index is 248. The second kappa shape index (κ2) is 5.55. The van der Waals surface area contributed by atoms with Crippen LogP contribution in [0.25, 0.3) is 6.08 Å². The average Bonchev–Trinajstić information content (AvgIpc) is 2.19. The molecule has 0 aliphatic rings. The zero-order valence-electron chi connectivity index (χ0n) is 8.12. The Balaban J connectivity index is 2.44. The highest BCUT2D eigenvalue weighted by molar-refractivity contribution is 5.47. The molecule has 0 fully saturated rings. The van der Waals surface area contributed by atoms with Crippen molar-refractivity contribution in [3.8, 4) is 0 Å². The van der Waals surface area contributed by atoms with Gasteiger partial charge in [-0.3, -0.25) is 0 Å². The van der Waals surface area contributed by atoms with Crippen molar-refractivity contribution in [3.63, 3.8) is 0 Å². The molecule has 1 heteroatoms. The second-order valence-corrected chi connectivity index (χ2v) is 3.00. The molecule has 0 amide bonds. The molecule has 1 rings (SSSR count). The van der Waals surface area contributed by atoms with Gasteiger partial charge in [0.15, 0.2) is 0 Å². The predicted octanol–water partition coefficient (Wildman–Crippen LogP) is 3.26. The van der Waals surface area contributed by atoms with Gasteiger partial charge in [-0.05, 0) is 17.5 Å². The third kappa shape index (κ3) is 3.43. The average molecular weight is 176 g/mol. The fraction of sp³-hybridized carbons (Fsp3) is 0.333. The molecule has 0 heterocycles. The molecular formula is C12H16O. The smallest absolute Gasteiger partial charge is 0.0716 e. The summed E-state index contributed by atoms with van der Waals surface area (Å²) in [6, 6.07) is 8.26. The molecule has 0 spiro atoms. The van der Waals surface area contributed by atoms with Crippen LogP contribution in [0.5, 0.6) is 0 Å². The highest BCUT2D eigenvalue weighted by Crippen LogP contribution is 2.06. The van der Waals surface area contributed by atoms with Gasteiger partial charge in [-0.1, -0.05) is 43.8 Å². The van der Waals surface area contributed by atoms with Crippen molar-refractivity contribution in [3.05, 3.63) is 42.0 Å². The van der Waals surface area contributed by atoms with E-state index in [1.165, 1.54) is 5.56 Å². The summed E-state index contributed by atoms with van der Waals surface area (Å²) >= 11 is 0. The van der Waals surface area contributed by atoms with Gasteiger partial charge < -0.3 is 4.74 Å². The molecule has 13 heavy (non-hydrogen) atoms. The first kappa shape index (κ1) is 10.0. The standard InChI is InChI=1S/C12H16O/c1-3-9-13-10-12-7-5-11(4-2)6-8-12/h4-8H,2-3,9-10H2,1H3. The molecule has 0 unspecified atom stereocenters. The van der Waals surface area contributed by atoms with Crippen LogP contribution in [0.1, 0.15) is 24.5 Å². The van der Waals surface area contributed by atoms with Gasteiger partial charge in [-0.2, -0.15) is 0 Å². The Labute approximate surface area is 80.0 Å². The van der Waals surface area contributed by atoms with Gasteiger partial charge in [-0.25, -0.2) is 0 Å². The van der Waals surface area contributed by atoms with Gasteiger partial charge >= 0.3 is 0 Å². The van der Waals surface area contributed by atoms with E-state index in [2.05, 4.69) is 37.8 Å². The zero-order valence-corrected chi connectivity index (χ0v) is 8.12. The maximum Gasteiger partial charge on any atom is 0.0716 e. The van der Waals surface area contributed by atoms with Crippen molar-refractivity contribution >= 4 is 6.08 Å². The molecule has 1 nitrogen and oxygen atoms in total. The van der Waals surface area contributed by atoms with Crippen molar-refractivity contribution in [1.29, 1.82) is 0 Å². The number of hydrogen-bond donors (Lipinski definition) is 0. The second-order valence-electron chi connectivity index (χ2n) is 3.00. The van der Waals surface area contributed by atoms with E-state index in [4.69, 9.17) is 4.74 Å². The van der Waals surface area contributed by atoms with Crippen LogP contribution in [0, 0.1) is 0 Å². The summed E-state index contributed by atoms with van der Waals surface area (Å²) in [7, 11) is 0. The van der Waals surface area contributed by atoms with Crippen molar-refractivity contribution in [2.45, 2.75) is 20.0 Å². The van der Waals surface area contributed by atoms with Crippen LogP contribution < -0.4 is 0 Å². The van der Waals surface area contributed by atoms with E-state index < -0.39 is 0 Å². The van der Waals surface area contributed by atoms with E-state index in [-0.39, 0.29) is 0 Å². The Morgan fingerprint density at radius 1 is 1.31 bits per heavy atom. The number of benzene rings is 1. The van der Waals surface area contributed by atoms with Gasteiger partial charge in [0.25, 0.3) is 0 Å². The number of rotatable bonds is 5. The van der Waals surface area contributed by atoms with Crippen LogP contribution in [0.2, 0.25) is 0 Å². The molecule has 0 atom stereocenters. The maximum atomic E-state index is 5.42. The molecule has 0 saturated heterocycles. The van der Waals surface area contributed by atoms with E-state index in [9.17, 15) is 0 Å². The Morgan fingerprint density at radius 2 is 2.00 bits per heavy atom. The number of hydrogen-bond acceptors (Lipinski definition) is 1. The topological polar surface area (TPSA) is 9.23 Å². The summed E-state index contributed by atoms with van der Waals surface area (Å²) in [6.45, 7) is 7.37. The first-order chi connectivity index (χ1) is 6.36. The van der Waals surface area contributed by atoms with E-state index in [0.29, 0.717) is 6.61 Å². The first-order valence-electron chi connectivity index (χ1n) is 4.66. The van der Waals surface area contributed by atoms with E-state index in [0.717, 1.165) is 18.6 Å². The Hall–Kier alpha value is -1.08. The van der Waals surface area contributed by atoms with Crippen molar-refractivity contribution < 1.29 is 4.74 Å². The molecule has 0 aromatic heterocycles. The van der Waals surface area contributed by atoms with Crippen molar-refractivity contribution in [2.24, 2.45) is 0 Å². The van der Waals surface area contributed by atoms with Gasteiger partial charge in [-0.15, -0.1) is 0 Å². The third-order valence-corrected chi connectivity index (χ3v) is 1.83. The van der Waals surface area contributed by atoms with Crippen LogP contribution >= 0.6 is 0 Å². The molecule has 0 aliphatic carbocycles. The zero-order chi connectivity index (χ0) is 9.52. The van der Waals surface area contributed by atoms with Gasteiger partial charge in [0.2, 0.25) is 0 Å². The molecule has 0 bridgehead atoms. The van der Waals surface area contributed by atoms with E-state index in [1.54, 1.807) is 0 Å². The van der Waals surface area contributed by atoms with Crippen LogP contribution in [0.4, 0.5) is 0 Å². The van der Waals surface area contributed by atoms with Crippen LogP contribution in [-0.2, 0) is 11.3 Å². The minimum Gasteiger partial charge on any atom is -0.377 e. The first-order valence-corrected chi connectivity index (χ1v) is 4.66. The fourth-order valence-corrected chi connectivity index (χ4v) is 1.08. The Kier molecular flexibility index (Phi) is 4.27. The molecule has 0 N–H and O–H groups in total. The highest BCUT2D eigenvalue weighted by atomic mass is 16.5. The fourth-order valence-electron chi connectivity index (χ4n) is 1.08. The molecule has 70 valence electrons. The third-order valence-electron chi connectivity index (χ3n) is 1.83. The predicted molar refractivity (Wildman–Crippen MR) is 56.5 cm³/mol. The van der Waals surface area contributed by atoms with Gasteiger partial charge in [0.1, 0.15) is 0 Å². The summed E-state index contributed by atoms with van der Waals surface area (Å²) in [5.74, 6) is 0. The minimum atomic E-state index is 0.714. The quantitative estimate of drug-likeness (QED) is 0.626. The monoisotopic (exact) mass is 176 g/mol. The molecule has 0 saturated carbocycles. The van der Waals surface area contributed by atoms with Gasteiger partial charge in [0.05, 0.1) is 6.61 Å². The SMILES string of the molecule is C=Cc1ccc(COCCC)cc1. The number of ether oxygens (including phenoxy) is 1.